The number of fused-ring (bicyclic) bond motifs is 4. The molecule has 0 bridgehead atoms. The lowest BCUT2D eigenvalue weighted by molar-refractivity contribution is 0.0330. The predicted molar refractivity (Wildman–Crippen MR) is 132 cm³/mol. The van der Waals surface area contributed by atoms with Crippen LogP contribution < -0.4 is 4.74 Å². The first-order valence-electron chi connectivity index (χ1n) is 11.5. The zero-order chi connectivity index (χ0) is 22.4. The molecule has 0 radical (unpaired) electrons. The fraction of sp³-hybridized carbons (Fsp3) is 0.400. The zero-order valence-electron chi connectivity index (χ0n) is 18.5. The van der Waals surface area contributed by atoms with Crippen molar-refractivity contribution in [1.82, 2.24) is 19.9 Å². The highest BCUT2D eigenvalue weighted by atomic mass is 35.5. The van der Waals surface area contributed by atoms with Crippen molar-refractivity contribution >= 4 is 44.1 Å². The summed E-state index contributed by atoms with van der Waals surface area (Å²) in [5.41, 5.74) is 2.09. The number of rotatable bonds is 4. The van der Waals surface area contributed by atoms with Crippen molar-refractivity contribution in [3.63, 3.8) is 0 Å². The predicted octanol–water partition coefficient (Wildman–Crippen LogP) is 5.64. The molecular formula is C25H25ClN4O2S. The fourth-order valence-electron chi connectivity index (χ4n) is 4.75. The Morgan fingerprint density at radius 3 is 2.97 bits per heavy atom. The van der Waals surface area contributed by atoms with Gasteiger partial charge in [0.1, 0.15) is 16.2 Å². The van der Waals surface area contributed by atoms with E-state index in [1.165, 1.54) is 16.9 Å². The van der Waals surface area contributed by atoms with Gasteiger partial charge in [0.05, 0.1) is 30.2 Å². The maximum Gasteiger partial charge on any atom is 0.231 e. The van der Waals surface area contributed by atoms with Crippen LogP contribution in [0.5, 0.6) is 11.6 Å². The fourth-order valence-corrected chi connectivity index (χ4v) is 6.36. The molecule has 3 aromatic heterocycles. The van der Waals surface area contributed by atoms with E-state index in [1.807, 2.05) is 24.3 Å². The van der Waals surface area contributed by atoms with Gasteiger partial charge in [0, 0.05) is 29.5 Å². The van der Waals surface area contributed by atoms with Crippen molar-refractivity contribution in [2.24, 2.45) is 5.92 Å². The molecule has 1 saturated heterocycles. The first-order valence-corrected chi connectivity index (χ1v) is 12.7. The molecule has 0 saturated carbocycles. The molecule has 0 amide bonds. The van der Waals surface area contributed by atoms with Gasteiger partial charge in [0.25, 0.3) is 0 Å². The van der Waals surface area contributed by atoms with Gasteiger partial charge < -0.3 is 9.47 Å². The van der Waals surface area contributed by atoms with E-state index >= 15 is 0 Å². The SMILES string of the molecule is C[C@H]1CCc2c(sc3nc(CN4CCOCC4)nc(Oc4ccc(Cl)c5cccnc45)c23)C1. The van der Waals surface area contributed by atoms with Gasteiger partial charge in [-0.2, -0.15) is 4.98 Å². The minimum Gasteiger partial charge on any atom is -0.436 e. The van der Waals surface area contributed by atoms with E-state index in [0.717, 1.165) is 66.1 Å². The highest BCUT2D eigenvalue weighted by Crippen LogP contribution is 2.43. The molecule has 2 aliphatic rings. The van der Waals surface area contributed by atoms with Crippen LogP contribution in [0.15, 0.2) is 30.5 Å². The molecule has 1 aliphatic carbocycles. The molecule has 4 aromatic rings. The Balaban J connectivity index is 1.47. The third-order valence-electron chi connectivity index (χ3n) is 6.52. The van der Waals surface area contributed by atoms with Crippen LogP contribution in [0.4, 0.5) is 0 Å². The maximum absolute atomic E-state index is 6.53. The standard InChI is InChI=1S/C25H25ClN4O2S/c1-15-4-5-17-20(13-15)33-25-22(17)24(28-21(29-25)14-30-9-11-31-12-10-30)32-19-7-6-18(26)16-3-2-8-27-23(16)19/h2-3,6-8,15H,4-5,9-14H2,1H3/t15-/m0/s1. The topological polar surface area (TPSA) is 60.4 Å². The van der Waals surface area contributed by atoms with E-state index in [2.05, 4.69) is 16.8 Å². The van der Waals surface area contributed by atoms with Crippen LogP contribution in [0, 0.1) is 5.92 Å². The molecule has 0 unspecified atom stereocenters. The van der Waals surface area contributed by atoms with Crippen molar-refractivity contribution in [3.8, 4) is 11.6 Å². The lowest BCUT2D eigenvalue weighted by atomic mass is 9.89. The van der Waals surface area contributed by atoms with Crippen molar-refractivity contribution in [2.45, 2.75) is 32.7 Å². The van der Waals surface area contributed by atoms with E-state index in [9.17, 15) is 0 Å². The average molecular weight is 481 g/mol. The van der Waals surface area contributed by atoms with Gasteiger partial charge in [-0.1, -0.05) is 18.5 Å². The van der Waals surface area contributed by atoms with Gasteiger partial charge in [0.15, 0.2) is 5.75 Å². The smallest absolute Gasteiger partial charge is 0.231 e. The van der Waals surface area contributed by atoms with Gasteiger partial charge in [-0.25, -0.2) is 4.98 Å². The average Bonchev–Trinajstić information content (AvgIpc) is 3.19. The van der Waals surface area contributed by atoms with E-state index in [1.54, 1.807) is 17.5 Å². The van der Waals surface area contributed by atoms with Crippen LogP contribution in [0.1, 0.15) is 29.6 Å². The molecule has 6 nitrogen and oxygen atoms in total. The Morgan fingerprint density at radius 1 is 1.21 bits per heavy atom. The lowest BCUT2D eigenvalue weighted by Gasteiger charge is -2.25. The summed E-state index contributed by atoms with van der Waals surface area (Å²) in [6.07, 6.45) is 5.08. The Kier molecular flexibility index (Phi) is 5.66. The minimum atomic E-state index is 0.629. The molecule has 170 valence electrons. The van der Waals surface area contributed by atoms with E-state index < -0.39 is 0 Å². The molecule has 1 aromatic carbocycles. The van der Waals surface area contributed by atoms with Gasteiger partial charge in [0.2, 0.25) is 5.88 Å². The van der Waals surface area contributed by atoms with Gasteiger partial charge in [-0.15, -0.1) is 11.3 Å². The second-order valence-electron chi connectivity index (χ2n) is 8.91. The van der Waals surface area contributed by atoms with Crippen LogP contribution in [0.2, 0.25) is 5.02 Å². The number of aryl methyl sites for hydroxylation is 1. The lowest BCUT2D eigenvalue weighted by Crippen LogP contribution is -2.36. The highest BCUT2D eigenvalue weighted by molar-refractivity contribution is 7.18. The molecular weight excluding hydrogens is 456 g/mol. The van der Waals surface area contributed by atoms with Crippen LogP contribution in [0.3, 0.4) is 0 Å². The monoisotopic (exact) mass is 480 g/mol. The number of ether oxygens (including phenoxy) is 2. The van der Waals surface area contributed by atoms with Crippen LogP contribution >= 0.6 is 22.9 Å². The summed E-state index contributed by atoms with van der Waals surface area (Å²) in [5.74, 6) is 2.78. The largest absolute Gasteiger partial charge is 0.436 e. The molecule has 0 N–H and O–H groups in total. The van der Waals surface area contributed by atoms with Crippen molar-refractivity contribution in [1.29, 1.82) is 0 Å². The Bertz CT molecular complexity index is 1340. The first-order chi connectivity index (χ1) is 16.2. The minimum absolute atomic E-state index is 0.629. The summed E-state index contributed by atoms with van der Waals surface area (Å²) in [4.78, 5) is 19.3. The Labute approximate surface area is 201 Å². The van der Waals surface area contributed by atoms with E-state index in [0.29, 0.717) is 29.1 Å². The normalized spacial score (nSPS) is 19.2. The number of benzene rings is 1. The number of nitrogens with zero attached hydrogens (tertiary/aromatic N) is 4. The molecule has 33 heavy (non-hydrogen) atoms. The van der Waals surface area contributed by atoms with Crippen LogP contribution in [0.25, 0.3) is 21.1 Å². The zero-order valence-corrected chi connectivity index (χ0v) is 20.1. The number of pyridine rings is 1. The third kappa shape index (κ3) is 4.08. The summed E-state index contributed by atoms with van der Waals surface area (Å²) in [6, 6.07) is 7.59. The second kappa shape index (κ2) is 8.80. The number of hydrogen-bond acceptors (Lipinski definition) is 7. The molecule has 1 fully saturated rings. The van der Waals surface area contributed by atoms with Crippen molar-refractivity contribution < 1.29 is 9.47 Å². The number of halogens is 1. The van der Waals surface area contributed by atoms with Gasteiger partial charge in [-0.3, -0.25) is 9.88 Å². The van der Waals surface area contributed by atoms with E-state index in [-0.39, 0.29) is 0 Å². The molecule has 4 heterocycles. The maximum atomic E-state index is 6.53. The second-order valence-corrected chi connectivity index (χ2v) is 10.4. The van der Waals surface area contributed by atoms with E-state index in [4.69, 9.17) is 31.0 Å². The number of aromatic nitrogens is 3. The Hall–Kier alpha value is -2.32. The number of thiophene rings is 1. The molecule has 0 spiro atoms. The summed E-state index contributed by atoms with van der Waals surface area (Å²) >= 11 is 8.22. The highest BCUT2D eigenvalue weighted by Gasteiger charge is 2.26. The third-order valence-corrected chi connectivity index (χ3v) is 8.00. The summed E-state index contributed by atoms with van der Waals surface area (Å²) in [6.45, 7) is 6.29. The van der Waals surface area contributed by atoms with Crippen LogP contribution in [-0.2, 0) is 24.1 Å². The van der Waals surface area contributed by atoms with Crippen LogP contribution in [-0.4, -0.2) is 46.2 Å². The first kappa shape index (κ1) is 21.2. The molecule has 6 rings (SSSR count). The summed E-state index contributed by atoms with van der Waals surface area (Å²) in [7, 11) is 0. The number of hydrogen-bond donors (Lipinski definition) is 0. The number of morpholine rings is 1. The summed E-state index contributed by atoms with van der Waals surface area (Å²) < 4.78 is 12.0. The summed E-state index contributed by atoms with van der Waals surface area (Å²) in [5, 5.41) is 2.59. The van der Waals surface area contributed by atoms with Gasteiger partial charge >= 0.3 is 0 Å². The van der Waals surface area contributed by atoms with Gasteiger partial charge in [-0.05, 0) is 55.0 Å². The molecule has 1 aliphatic heterocycles. The molecule has 1 atom stereocenters. The van der Waals surface area contributed by atoms with Crippen molar-refractivity contribution in [3.05, 3.63) is 51.7 Å². The van der Waals surface area contributed by atoms with Crippen molar-refractivity contribution in [2.75, 3.05) is 26.3 Å². The Morgan fingerprint density at radius 2 is 2.09 bits per heavy atom. The molecule has 8 heteroatoms. The quantitative estimate of drug-likeness (QED) is 0.376.